The van der Waals surface area contributed by atoms with Crippen LogP contribution >= 0.6 is 0 Å². The second-order valence-corrected chi connectivity index (χ2v) is 8.56. The Morgan fingerprint density at radius 1 is 1.07 bits per heavy atom. The summed E-state index contributed by atoms with van der Waals surface area (Å²) in [7, 11) is 1.62. The average molecular weight is 461 g/mol. The number of carbonyl (C=O) groups is 1. The molecular formula is C23H34NO3Y-. The molecule has 1 radical (unpaired) electrons. The third kappa shape index (κ3) is 6.43. The minimum Gasteiger partial charge on any atom is -0.493 e. The van der Waals surface area contributed by atoms with E-state index in [-0.39, 0.29) is 44.0 Å². The van der Waals surface area contributed by atoms with Crippen molar-refractivity contribution >= 4 is 5.91 Å². The van der Waals surface area contributed by atoms with Gasteiger partial charge in [-0.1, -0.05) is 25.8 Å². The zero-order chi connectivity index (χ0) is 21.0. The Morgan fingerprint density at radius 3 is 2.11 bits per heavy atom. The Kier molecular flexibility index (Phi) is 9.61. The first-order valence-corrected chi connectivity index (χ1v) is 9.21. The molecule has 1 rings (SSSR count). The van der Waals surface area contributed by atoms with E-state index in [1.807, 2.05) is 59.7 Å². The molecule has 1 aromatic rings. The van der Waals surface area contributed by atoms with Gasteiger partial charge in [0.05, 0.1) is 13.0 Å². The largest absolute Gasteiger partial charge is 0.493 e. The van der Waals surface area contributed by atoms with E-state index in [9.17, 15) is 4.79 Å². The van der Waals surface area contributed by atoms with Crippen LogP contribution in [0.15, 0.2) is 18.2 Å². The number of rotatable bonds is 7. The van der Waals surface area contributed by atoms with Crippen LogP contribution in [0.4, 0.5) is 0 Å². The quantitative estimate of drug-likeness (QED) is 0.475. The summed E-state index contributed by atoms with van der Waals surface area (Å²) in [6.45, 7) is 17.5. The van der Waals surface area contributed by atoms with Crippen molar-refractivity contribution in [2.75, 3.05) is 7.11 Å². The summed E-state index contributed by atoms with van der Waals surface area (Å²) < 4.78 is 11.6. The van der Waals surface area contributed by atoms with E-state index < -0.39 is 11.1 Å². The Morgan fingerprint density at radius 2 is 1.64 bits per heavy atom. The molecule has 0 aliphatic rings. The van der Waals surface area contributed by atoms with Crippen molar-refractivity contribution in [3.05, 3.63) is 29.7 Å². The standard InChI is InChI=1S/C23H34NO3.Y/c1-11-14-21(4,5)27-18-13-12-17(15-19(18)26-10)22(6,7)23(8,9)24-20(25)16(2)3;/h12-13,15H,1-10H3,(H,24,25);/q-1;. The Labute approximate surface area is 196 Å². The number of ether oxygens (including phenoxy) is 2. The van der Waals surface area contributed by atoms with E-state index in [4.69, 9.17) is 9.47 Å². The van der Waals surface area contributed by atoms with Gasteiger partial charge in [-0.05, 0) is 52.3 Å². The van der Waals surface area contributed by atoms with Crippen molar-refractivity contribution < 1.29 is 47.0 Å². The zero-order valence-electron chi connectivity index (χ0n) is 19.0. The minimum absolute atomic E-state index is 0. The fourth-order valence-electron chi connectivity index (χ4n) is 2.67. The fraction of sp³-hybridized carbons (Fsp3) is 0.565. The van der Waals surface area contributed by atoms with Gasteiger partial charge in [-0.25, -0.2) is 0 Å². The second-order valence-electron chi connectivity index (χ2n) is 8.56. The molecule has 0 aliphatic heterocycles. The Balaban J connectivity index is 0.00000729. The van der Waals surface area contributed by atoms with E-state index in [0.29, 0.717) is 11.5 Å². The van der Waals surface area contributed by atoms with Gasteiger partial charge in [0.25, 0.3) is 0 Å². The summed E-state index contributed by atoms with van der Waals surface area (Å²) >= 11 is 0. The van der Waals surface area contributed by atoms with Crippen LogP contribution < -0.4 is 14.8 Å². The Hall–Kier alpha value is -1.18. The molecule has 153 valence electrons. The summed E-state index contributed by atoms with van der Waals surface area (Å²) in [6, 6.07) is 5.90. The third-order valence-corrected chi connectivity index (χ3v) is 5.12. The van der Waals surface area contributed by atoms with Crippen LogP contribution in [-0.2, 0) is 42.9 Å². The number of nitrogens with one attached hydrogen (secondary N) is 1. The van der Waals surface area contributed by atoms with Crippen LogP contribution in [0.1, 0.15) is 67.9 Å². The molecule has 0 aliphatic carbocycles. The number of carbonyl (C=O) groups excluding carboxylic acids is 1. The molecular weight excluding hydrogens is 427 g/mol. The summed E-state index contributed by atoms with van der Waals surface area (Å²) in [6.07, 6.45) is 0. The maximum absolute atomic E-state index is 12.2. The number of amides is 1. The predicted octanol–water partition coefficient (Wildman–Crippen LogP) is 4.66. The van der Waals surface area contributed by atoms with Gasteiger partial charge >= 0.3 is 0 Å². The van der Waals surface area contributed by atoms with Crippen LogP contribution in [0, 0.1) is 17.8 Å². The molecule has 0 atom stereocenters. The monoisotopic (exact) mass is 461 g/mol. The second kappa shape index (κ2) is 10.0. The summed E-state index contributed by atoms with van der Waals surface area (Å²) in [5.74, 6) is 7.92. The third-order valence-electron chi connectivity index (χ3n) is 5.12. The molecule has 0 saturated heterocycles. The van der Waals surface area contributed by atoms with Gasteiger partial charge in [0.2, 0.25) is 0 Å². The molecule has 5 heteroatoms. The SMILES string of the molecule is CC#CC(C)(C)Oc1ccc(C(C)(C)C(C)(C)NC(=O)[C-](C)C)cc1OC.[Y]. The van der Waals surface area contributed by atoms with Crippen molar-refractivity contribution in [1.82, 2.24) is 5.32 Å². The van der Waals surface area contributed by atoms with Crippen molar-refractivity contribution in [2.24, 2.45) is 0 Å². The fourth-order valence-corrected chi connectivity index (χ4v) is 2.67. The smallest absolute Gasteiger partial charge is 0.163 e. The van der Waals surface area contributed by atoms with Crippen molar-refractivity contribution in [3.63, 3.8) is 0 Å². The van der Waals surface area contributed by atoms with E-state index in [0.717, 1.165) is 11.5 Å². The minimum atomic E-state index is -0.610. The maximum atomic E-state index is 12.2. The molecule has 0 heterocycles. The maximum Gasteiger partial charge on any atom is 0.163 e. The summed E-state index contributed by atoms with van der Waals surface area (Å²) in [5, 5.41) is 3.14. The van der Waals surface area contributed by atoms with E-state index in [1.54, 1.807) is 14.0 Å². The number of methoxy groups -OCH3 is 1. The van der Waals surface area contributed by atoms with E-state index in [2.05, 4.69) is 31.0 Å². The predicted molar refractivity (Wildman–Crippen MR) is 111 cm³/mol. The topological polar surface area (TPSA) is 47.6 Å². The van der Waals surface area contributed by atoms with Crippen molar-refractivity contribution in [3.8, 4) is 23.3 Å². The molecule has 0 saturated carbocycles. The van der Waals surface area contributed by atoms with Crippen molar-refractivity contribution in [1.29, 1.82) is 0 Å². The van der Waals surface area contributed by atoms with Crippen LogP contribution in [0.5, 0.6) is 11.5 Å². The van der Waals surface area contributed by atoms with Crippen LogP contribution in [0.2, 0.25) is 0 Å². The molecule has 1 N–H and O–H groups in total. The van der Waals surface area contributed by atoms with Gasteiger partial charge in [0.1, 0.15) is 0 Å². The molecule has 0 fully saturated rings. The average Bonchev–Trinajstić information content (AvgIpc) is 2.53. The van der Waals surface area contributed by atoms with Crippen LogP contribution in [0.25, 0.3) is 0 Å². The first-order valence-electron chi connectivity index (χ1n) is 9.21. The summed E-state index contributed by atoms with van der Waals surface area (Å²) in [5.41, 5.74) is -0.379. The van der Waals surface area contributed by atoms with E-state index in [1.165, 1.54) is 0 Å². The first kappa shape index (κ1) is 26.8. The van der Waals surface area contributed by atoms with Crippen LogP contribution in [-0.4, -0.2) is 24.2 Å². The van der Waals surface area contributed by atoms with Gasteiger partial charge in [0, 0.05) is 43.7 Å². The van der Waals surface area contributed by atoms with Gasteiger partial charge in [-0.15, -0.1) is 5.92 Å². The van der Waals surface area contributed by atoms with Crippen LogP contribution in [0.3, 0.4) is 0 Å². The first-order chi connectivity index (χ1) is 12.3. The molecule has 1 amide bonds. The van der Waals surface area contributed by atoms with Gasteiger partial charge < -0.3 is 19.6 Å². The molecule has 0 bridgehead atoms. The van der Waals surface area contributed by atoms with Crippen molar-refractivity contribution in [2.45, 2.75) is 78.9 Å². The molecule has 28 heavy (non-hydrogen) atoms. The zero-order valence-corrected chi connectivity index (χ0v) is 21.9. The molecule has 4 nitrogen and oxygen atoms in total. The molecule has 0 spiro atoms. The molecule has 0 unspecified atom stereocenters. The number of benzene rings is 1. The summed E-state index contributed by atoms with van der Waals surface area (Å²) in [4.78, 5) is 12.2. The van der Waals surface area contributed by atoms with Gasteiger partial charge in [-0.3, -0.25) is 5.92 Å². The molecule has 0 aromatic heterocycles. The van der Waals surface area contributed by atoms with Gasteiger partial charge in [0.15, 0.2) is 17.1 Å². The Bertz CT molecular complexity index is 740. The van der Waals surface area contributed by atoms with Gasteiger partial charge in [-0.2, -0.15) is 13.8 Å². The number of hydrogen-bond acceptors (Lipinski definition) is 3. The number of hydrogen-bond donors (Lipinski definition) is 1. The van der Waals surface area contributed by atoms with E-state index >= 15 is 0 Å². The normalized spacial score (nSPS) is 11.5. The molecule has 1 aromatic carbocycles.